The van der Waals surface area contributed by atoms with Crippen LogP contribution in [0.5, 0.6) is 11.5 Å². The van der Waals surface area contributed by atoms with E-state index < -0.39 is 5.41 Å². The maximum Gasteiger partial charge on any atom is 0.163 e. The number of benzene rings is 6. The van der Waals surface area contributed by atoms with E-state index in [1.165, 1.54) is 38.9 Å². The van der Waals surface area contributed by atoms with Crippen LogP contribution in [0.15, 0.2) is 152 Å². The van der Waals surface area contributed by atoms with E-state index in [0.29, 0.717) is 5.25 Å². The van der Waals surface area contributed by atoms with E-state index in [1.807, 2.05) is 48.2 Å². The van der Waals surface area contributed by atoms with Crippen molar-refractivity contribution in [1.82, 2.24) is 15.0 Å². The fourth-order valence-corrected chi connectivity index (χ4v) is 9.59. The van der Waals surface area contributed by atoms with Gasteiger partial charge in [-0.05, 0) is 58.9 Å². The van der Waals surface area contributed by atoms with Gasteiger partial charge in [-0.1, -0.05) is 133 Å². The smallest absolute Gasteiger partial charge is 0.163 e. The lowest BCUT2D eigenvalue weighted by molar-refractivity contribution is 0.436. The standard InChI is InChI=1S/C44H31N3OS/c1-3-13-28(14-4-1)41-45-42(29-15-5-2-6-16-29)47-43(46-41)40-26-25-39(49-40)30-23-24-38-36(27-30)44(35-21-11-12-22-37(35)48-38)33-19-9-7-17-31(33)32-18-8-10-20-34(32)44/h1-24,27,39-40H,25-26H2. The summed E-state index contributed by atoms with van der Waals surface area (Å²) >= 11 is 1.97. The summed E-state index contributed by atoms with van der Waals surface area (Å²) in [5.74, 6) is 4.14. The molecule has 0 amide bonds. The minimum atomic E-state index is -0.459. The highest BCUT2D eigenvalue weighted by Gasteiger charge is 2.51. The van der Waals surface area contributed by atoms with E-state index in [-0.39, 0.29) is 5.25 Å². The fraction of sp³-hybridized carbons (Fsp3) is 0.114. The van der Waals surface area contributed by atoms with Crippen molar-refractivity contribution in [1.29, 1.82) is 0 Å². The molecule has 0 radical (unpaired) electrons. The van der Waals surface area contributed by atoms with Crippen LogP contribution in [0.25, 0.3) is 33.9 Å². The highest BCUT2D eigenvalue weighted by Crippen LogP contribution is 2.63. The molecule has 49 heavy (non-hydrogen) atoms. The molecule has 1 spiro atoms. The Balaban J connectivity index is 1.07. The third-order valence-corrected chi connectivity index (χ3v) is 11.9. The average Bonchev–Trinajstić information content (AvgIpc) is 3.79. The Hall–Kier alpha value is -5.52. The number of rotatable bonds is 4. The van der Waals surface area contributed by atoms with Crippen LogP contribution >= 0.6 is 11.8 Å². The Kier molecular flexibility index (Phi) is 6.56. The molecule has 2 unspecified atom stereocenters. The van der Waals surface area contributed by atoms with Gasteiger partial charge in [-0.3, -0.25) is 0 Å². The Morgan fingerprint density at radius 2 is 1.02 bits per heavy atom. The van der Waals surface area contributed by atoms with Crippen LogP contribution in [0.4, 0.5) is 0 Å². The van der Waals surface area contributed by atoms with Gasteiger partial charge in [0.15, 0.2) is 11.6 Å². The summed E-state index contributed by atoms with van der Waals surface area (Å²) in [7, 11) is 0. The lowest BCUT2D eigenvalue weighted by Gasteiger charge is -2.39. The summed E-state index contributed by atoms with van der Waals surface area (Å²) in [6, 6.07) is 53.7. The van der Waals surface area contributed by atoms with Crippen LogP contribution in [0.1, 0.15) is 57.0 Å². The lowest BCUT2D eigenvalue weighted by atomic mass is 9.66. The number of nitrogens with zero attached hydrogens (tertiary/aromatic N) is 3. The van der Waals surface area contributed by atoms with Gasteiger partial charge in [0.2, 0.25) is 0 Å². The Labute approximate surface area is 289 Å². The van der Waals surface area contributed by atoms with Crippen molar-refractivity contribution in [2.24, 2.45) is 0 Å². The minimum Gasteiger partial charge on any atom is -0.457 e. The zero-order valence-corrected chi connectivity index (χ0v) is 27.5. The highest BCUT2D eigenvalue weighted by atomic mass is 32.2. The zero-order chi connectivity index (χ0) is 32.4. The molecule has 1 aromatic heterocycles. The largest absolute Gasteiger partial charge is 0.457 e. The maximum absolute atomic E-state index is 6.68. The molecule has 1 fully saturated rings. The van der Waals surface area contributed by atoms with Crippen molar-refractivity contribution >= 4 is 11.8 Å². The third kappa shape index (κ3) is 4.42. The van der Waals surface area contributed by atoms with Crippen molar-refractivity contribution < 1.29 is 4.74 Å². The summed E-state index contributed by atoms with van der Waals surface area (Å²) in [4.78, 5) is 15.1. The Morgan fingerprint density at radius 1 is 0.490 bits per heavy atom. The van der Waals surface area contributed by atoms with E-state index in [4.69, 9.17) is 19.7 Å². The number of hydrogen-bond acceptors (Lipinski definition) is 5. The first kappa shape index (κ1) is 28.5. The fourth-order valence-electron chi connectivity index (χ4n) is 8.12. The number of hydrogen-bond donors (Lipinski definition) is 0. The molecule has 2 atom stereocenters. The second-order valence-electron chi connectivity index (χ2n) is 13.0. The monoisotopic (exact) mass is 649 g/mol. The predicted molar refractivity (Wildman–Crippen MR) is 197 cm³/mol. The molecule has 3 aliphatic rings. The quantitative estimate of drug-likeness (QED) is 0.190. The van der Waals surface area contributed by atoms with Crippen molar-refractivity contribution in [3.05, 3.63) is 185 Å². The van der Waals surface area contributed by atoms with Crippen LogP contribution < -0.4 is 4.74 Å². The summed E-state index contributed by atoms with van der Waals surface area (Å²) in [5.41, 5.74) is 10.5. The zero-order valence-electron chi connectivity index (χ0n) is 26.7. The summed E-state index contributed by atoms with van der Waals surface area (Å²) < 4.78 is 6.68. The third-order valence-electron chi connectivity index (χ3n) is 10.3. The van der Waals surface area contributed by atoms with Crippen LogP contribution in [0.2, 0.25) is 0 Å². The number of aromatic nitrogens is 3. The number of para-hydroxylation sites is 1. The molecular formula is C44H31N3OS. The molecule has 7 aromatic rings. The molecular weight excluding hydrogens is 619 g/mol. The van der Waals surface area contributed by atoms with Crippen molar-refractivity contribution in [3.8, 4) is 45.4 Å². The summed E-state index contributed by atoms with van der Waals surface area (Å²) in [6.45, 7) is 0. The molecule has 4 nitrogen and oxygen atoms in total. The molecule has 0 saturated carbocycles. The molecule has 1 aliphatic carbocycles. The van der Waals surface area contributed by atoms with Gasteiger partial charge in [0.25, 0.3) is 0 Å². The van der Waals surface area contributed by atoms with Crippen molar-refractivity contribution in [2.45, 2.75) is 28.8 Å². The normalized spacial score (nSPS) is 17.9. The van der Waals surface area contributed by atoms with Crippen LogP contribution in [-0.4, -0.2) is 15.0 Å². The van der Waals surface area contributed by atoms with E-state index in [2.05, 4.69) is 115 Å². The van der Waals surface area contributed by atoms with E-state index in [0.717, 1.165) is 52.9 Å². The number of fused-ring (bicyclic) bond motifs is 9. The van der Waals surface area contributed by atoms with Crippen LogP contribution in [0, 0.1) is 0 Å². The maximum atomic E-state index is 6.68. The molecule has 0 bridgehead atoms. The molecule has 1 saturated heterocycles. The molecule has 234 valence electrons. The average molecular weight is 650 g/mol. The van der Waals surface area contributed by atoms with Gasteiger partial charge >= 0.3 is 0 Å². The van der Waals surface area contributed by atoms with Gasteiger partial charge in [0.05, 0.1) is 10.7 Å². The van der Waals surface area contributed by atoms with Crippen LogP contribution in [-0.2, 0) is 5.41 Å². The first-order chi connectivity index (χ1) is 24.3. The predicted octanol–water partition coefficient (Wildman–Crippen LogP) is 11.0. The van der Waals surface area contributed by atoms with Gasteiger partial charge in [0, 0.05) is 27.5 Å². The first-order valence-corrected chi connectivity index (χ1v) is 17.8. The molecule has 5 heteroatoms. The molecule has 0 N–H and O–H groups in total. The van der Waals surface area contributed by atoms with Gasteiger partial charge in [-0.25, -0.2) is 15.0 Å². The molecule has 6 aromatic carbocycles. The highest BCUT2D eigenvalue weighted by molar-refractivity contribution is 8.00. The SMILES string of the molecule is c1ccc(-c2nc(-c3ccccc3)nc(C3CCC(c4ccc5c(c4)C4(c6ccccc6O5)c5ccccc5-c5ccccc54)S3)n2)cc1. The van der Waals surface area contributed by atoms with Crippen LogP contribution in [0.3, 0.4) is 0 Å². The van der Waals surface area contributed by atoms with E-state index >= 15 is 0 Å². The topological polar surface area (TPSA) is 47.9 Å². The second kappa shape index (κ2) is 11.3. The Bertz CT molecular complexity index is 2270. The molecule has 10 rings (SSSR count). The summed E-state index contributed by atoms with van der Waals surface area (Å²) in [6.07, 6.45) is 2.04. The van der Waals surface area contributed by atoms with Gasteiger partial charge in [-0.2, -0.15) is 0 Å². The van der Waals surface area contributed by atoms with E-state index in [9.17, 15) is 0 Å². The van der Waals surface area contributed by atoms with Crippen molar-refractivity contribution in [2.75, 3.05) is 0 Å². The van der Waals surface area contributed by atoms with Crippen molar-refractivity contribution in [3.63, 3.8) is 0 Å². The van der Waals surface area contributed by atoms with E-state index in [1.54, 1.807) is 0 Å². The molecule has 3 heterocycles. The lowest BCUT2D eigenvalue weighted by Crippen LogP contribution is -2.32. The minimum absolute atomic E-state index is 0.160. The molecule has 2 aliphatic heterocycles. The number of thioether (sulfide) groups is 1. The number of ether oxygens (including phenoxy) is 1. The Morgan fingerprint density at radius 3 is 1.67 bits per heavy atom. The van der Waals surface area contributed by atoms with Gasteiger partial charge < -0.3 is 4.74 Å². The van der Waals surface area contributed by atoms with Gasteiger partial charge in [-0.15, -0.1) is 11.8 Å². The second-order valence-corrected chi connectivity index (χ2v) is 14.4. The first-order valence-electron chi connectivity index (χ1n) is 16.9. The summed E-state index contributed by atoms with van der Waals surface area (Å²) in [5, 5.41) is 0.460. The van der Waals surface area contributed by atoms with Gasteiger partial charge in [0.1, 0.15) is 17.3 Å².